The molecule has 3 aromatic rings. The van der Waals surface area contributed by atoms with Crippen molar-refractivity contribution in [2.75, 3.05) is 5.32 Å². The lowest BCUT2D eigenvalue weighted by Gasteiger charge is -2.23. The predicted molar refractivity (Wildman–Crippen MR) is 113 cm³/mol. The van der Waals surface area contributed by atoms with E-state index < -0.39 is 5.91 Å². The number of benzene rings is 2. The predicted octanol–water partition coefficient (Wildman–Crippen LogP) is 4.64. The van der Waals surface area contributed by atoms with Gasteiger partial charge in [-0.2, -0.15) is 0 Å². The normalized spacial score (nSPS) is 15.0. The number of rotatable bonds is 6. The molecular formula is C23H28N4O. The maximum Gasteiger partial charge on any atom is 0.248 e. The van der Waals surface area contributed by atoms with Gasteiger partial charge in [-0.15, -0.1) is 0 Å². The van der Waals surface area contributed by atoms with Crippen LogP contribution in [0.25, 0.3) is 11.0 Å². The highest BCUT2D eigenvalue weighted by Crippen LogP contribution is 2.29. The van der Waals surface area contributed by atoms with E-state index in [-0.39, 0.29) is 0 Å². The molecule has 1 heterocycles. The summed E-state index contributed by atoms with van der Waals surface area (Å²) in [6.45, 7) is 3.81. The standard InChI is InChI=1S/C23H28N4O/c1-16-7-5-6-10-19(16)14-25-23-26-20-13-18(22(24)28)11-12-21(20)27(23)15-17-8-3-2-4-9-17/h5-7,10-13,17H,2-4,8-9,14-15H2,1H3,(H2,24,28)(H,25,26). The molecular weight excluding hydrogens is 348 g/mol. The van der Waals surface area contributed by atoms with Crippen molar-refractivity contribution < 1.29 is 4.79 Å². The largest absolute Gasteiger partial charge is 0.366 e. The summed E-state index contributed by atoms with van der Waals surface area (Å²) in [7, 11) is 0. The van der Waals surface area contributed by atoms with Crippen LogP contribution in [0.3, 0.4) is 0 Å². The number of amides is 1. The van der Waals surface area contributed by atoms with Crippen molar-refractivity contribution in [3.63, 3.8) is 0 Å². The third-order valence-electron chi connectivity index (χ3n) is 5.90. The van der Waals surface area contributed by atoms with Crippen molar-refractivity contribution in [1.82, 2.24) is 9.55 Å². The first-order chi connectivity index (χ1) is 13.6. The van der Waals surface area contributed by atoms with Gasteiger partial charge in [-0.3, -0.25) is 4.79 Å². The minimum absolute atomic E-state index is 0.418. The van der Waals surface area contributed by atoms with Crippen LogP contribution in [0.5, 0.6) is 0 Å². The van der Waals surface area contributed by atoms with E-state index in [2.05, 4.69) is 41.1 Å². The Morgan fingerprint density at radius 2 is 1.96 bits per heavy atom. The van der Waals surface area contributed by atoms with E-state index in [1.165, 1.54) is 43.2 Å². The molecule has 1 amide bonds. The van der Waals surface area contributed by atoms with Gasteiger partial charge in [-0.1, -0.05) is 43.5 Å². The van der Waals surface area contributed by atoms with Crippen LogP contribution in [0.4, 0.5) is 5.95 Å². The molecule has 4 rings (SSSR count). The number of nitrogens with zero attached hydrogens (tertiary/aromatic N) is 2. The van der Waals surface area contributed by atoms with Crippen LogP contribution in [0, 0.1) is 12.8 Å². The molecule has 1 aliphatic rings. The molecule has 0 saturated heterocycles. The van der Waals surface area contributed by atoms with Crippen LogP contribution < -0.4 is 11.1 Å². The first-order valence-electron chi connectivity index (χ1n) is 10.2. The molecule has 28 heavy (non-hydrogen) atoms. The molecule has 0 aliphatic heterocycles. The van der Waals surface area contributed by atoms with Gasteiger partial charge >= 0.3 is 0 Å². The fourth-order valence-corrected chi connectivity index (χ4v) is 4.21. The van der Waals surface area contributed by atoms with Gasteiger partial charge in [0.1, 0.15) is 0 Å². The average molecular weight is 377 g/mol. The number of nitrogens with two attached hydrogens (primary N) is 1. The van der Waals surface area contributed by atoms with Crippen molar-refractivity contribution in [1.29, 1.82) is 0 Å². The van der Waals surface area contributed by atoms with E-state index >= 15 is 0 Å². The molecule has 0 radical (unpaired) electrons. The highest BCUT2D eigenvalue weighted by atomic mass is 16.1. The summed E-state index contributed by atoms with van der Waals surface area (Å²) in [5.41, 5.74) is 10.4. The van der Waals surface area contributed by atoms with E-state index in [1.54, 1.807) is 12.1 Å². The third-order valence-corrected chi connectivity index (χ3v) is 5.90. The molecule has 1 saturated carbocycles. The number of carbonyl (C=O) groups is 1. The summed E-state index contributed by atoms with van der Waals surface area (Å²) in [5.74, 6) is 1.13. The fraction of sp³-hybridized carbons (Fsp3) is 0.391. The highest BCUT2D eigenvalue weighted by Gasteiger charge is 2.19. The van der Waals surface area contributed by atoms with Gasteiger partial charge < -0.3 is 15.6 Å². The van der Waals surface area contributed by atoms with E-state index in [0.29, 0.717) is 11.5 Å². The maximum atomic E-state index is 11.6. The Hall–Kier alpha value is -2.82. The maximum absolute atomic E-state index is 11.6. The lowest BCUT2D eigenvalue weighted by atomic mass is 9.89. The first-order valence-corrected chi connectivity index (χ1v) is 10.2. The molecule has 1 fully saturated rings. The summed E-state index contributed by atoms with van der Waals surface area (Å²) in [5, 5.41) is 3.53. The zero-order valence-electron chi connectivity index (χ0n) is 16.4. The van der Waals surface area contributed by atoms with Crippen LogP contribution >= 0.6 is 0 Å². The Morgan fingerprint density at radius 1 is 1.18 bits per heavy atom. The number of primary amides is 1. The van der Waals surface area contributed by atoms with E-state index in [0.717, 1.165) is 30.1 Å². The summed E-state index contributed by atoms with van der Waals surface area (Å²) >= 11 is 0. The zero-order chi connectivity index (χ0) is 19.5. The molecule has 146 valence electrons. The smallest absolute Gasteiger partial charge is 0.248 e. The summed E-state index contributed by atoms with van der Waals surface area (Å²) in [6.07, 6.45) is 6.53. The fourth-order valence-electron chi connectivity index (χ4n) is 4.21. The molecule has 1 aromatic heterocycles. The number of fused-ring (bicyclic) bond motifs is 1. The quantitative estimate of drug-likeness (QED) is 0.658. The topological polar surface area (TPSA) is 72.9 Å². The number of aromatic nitrogens is 2. The number of hydrogen-bond acceptors (Lipinski definition) is 3. The van der Waals surface area contributed by atoms with Crippen molar-refractivity contribution >= 4 is 22.9 Å². The van der Waals surface area contributed by atoms with Gasteiger partial charge in [0.2, 0.25) is 11.9 Å². The molecule has 0 spiro atoms. The highest BCUT2D eigenvalue weighted by molar-refractivity contribution is 5.96. The lowest BCUT2D eigenvalue weighted by molar-refractivity contribution is 0.100. The molecule has 3 N–H and O–H groups in total. The lowest BCUT2D eigenvalue weighted by Crippen LogP contribution is -2.16. The van der Waals surface area contributed by atoms with Crippen molar-refractivity contribution in [3.8, 4) is 0 Å². The second-order valence-corrected chi connectivity index (χ2v) is 7.90. The molecule has 5 nitrogen and oxygen atoms in total. The average Bonchev–Trinajstić information content (AvgIpc) is 3.05. The zero-order valence-corrected chi connectivity index (χ0v) is 16.4. The molecule has 2 aromatic carbocycles. The van der Waals surface area contributed by atoms with Crippen molar-refractivity contribution in [3.05, 3.63) is 59.2 Å². The Bertz CT molecular complexity index is 985. The van der Waals surface area contributed by atoms with E-state index in [9.17, 15) is 4.79 Å². The van der Waals surface area contributed by atoms with Crippen molar-refractivity contribution in [2.24, 2.45) is 11.7 Å². The van der Waals surface area contributed by atoms with Gasteiger partial charge in [0.15, 0.2) is 0 Å². The summed E-state index contributed by atoms with van der Waals surface area (Å²) in [4.78, 5) is 16.4. The van der Waals surface area contributed by atoms with Crippen LogP contribution in [-0.4, -0.2) is 15.5 Å². The number of hydrogen-bond donors (Lipinski definition) is 2. The summed E-state index contributed by atoms with van der Waals surface area (Å²) in [6, 6.07) is 14.0. The second-order valence-electron chi connectivity index (χ2n) is 7.90. The van der Waals surface area contributed by atoms with Gasteiger partial charge in [0, 0.05) is 18.7 Å². The minimum atomic E-state index is -0.418. The number of anilines is 1. The number of carbonyl (C=O) groups excluding carboxylic acids is 1. The first kappa shape index (κ1) is 18.5. The monoisotopic (exact) mass is 376 g/mol. The Kier molecular flexibility index (Phi) is 5.33. The molecule has 1 aliphatic carbocycles. The van der Waals surface area contributed by atoms with Crippen LogP contribution in [0.1, 0.15) is 53.6 Å². The van der Waals surface area contributed by atoms with Gasteiger partial charge in [-0.05, 0) is 55.0 Å². The number of imidazole rings is 1. The van der Waals surface area contributed by atoms with E-state index in [4.69, 9.17) is 10.7 Å². The Labute approximate surface area is 166 Å². The van der Waals surface area contributed by atoms with E-state index in [1.807, 2.05) is 6.07 Å². The minimum Gasteiger partial charge on any atom is -0.366 e. The Balaban J connectivity index is 1.66. The SMILES string of the molecule is Cc1ccccc1CNc1nc2cc(C(N)=O)ccc2n1CC1CCCCC1. The van der Waals surface area contributed by atoms with Crippen LogP contribution in [0.15, 0.2) is 42.5 Å². The number of nitrogens with one attached hydrogen (secondary N) is 1. The second kappa shape index (κ2) is 8.05. The van der Waals surface area contributed by atoms with Crippen LogP contribution in [-0.2, 0) is 13.1 Å². The molecule has 5 heteroatoms. The van der Waals surface area contributed by atoms with Crippen molar-refractivity contribution in [2.45, 2.75) is 52.1 Å². The molecule has 0 unspecified atom stereocenters. The Morgan fingerprint density at radius 3 is 2.71 bits per heavy atom. The third kappa shape index (κ3) is 3.88. The summed E-state index contributed by atoms with van der Waals surface area (Å²) < 4.78 is 2.29. The van der Waals surface area contributed by atoms with Gasteiger partial charge in [0.05, 0.1) is 11.0 Å². The van der Waals surface area contributed by atoms with Crippen LogP contribution in [0.2, 0.25) is 0 Å². The number of aryl methyl sites for hydroxylation is 1. The molecule has 0 atom stereocenters. The van der Waals surface area contributed by atoms with Gasteiger partial charge in [-0.25, -0.2) is 4.98 Å². The van der Waals surface area contributed by atoms with Gasteiger partial charge in [0.25, 0.3) is 0 Å². The molecule has 0 bridgehead atoms.